The Morgan fingerprint density at radius 1 is 1.37 bits per heavy atom. The molecule has 19 heavy (non-hydrogen) atoms. The van der Waals surface area contributed by atoms with Gasteiger partial charge in [-0.3, -0.25) is 4.79 Å². The summed E-state index contributed by atoms with van der Waals surface area (Å²) in [5, 5.41) is 3.49. The summed E-state index contributed by atoms with van der Waals surface area (Å²) in [6.07, 6.45) is 4.68. The zero-order chi connectivity index (χ0) is 13.1. The van der Waals surface area contributed by atoms with Gasteiger partial charge in [-0.05, 0) is 37.0 Å². The predicted octanol–water partition coefficient (Wildman–Crippen LogP) is 3.65. The highest BCUT2D eigenvalue weighted by molar-refractivity contribution is 6.34. The lowest BCUT2D eigenvalue weighted by molar-refractivity contribution is 0.0910. The quantitative estimate of drug-likeness (QED) is 0.819. The van der Waals surface area contributed by atoms with Gasteiger partial charge in [-0.15, -0.1) is 12.4 Å². The Kier molecular flexibility index (Phi) is 5.95. The lowest BCUT2D eigenvalue weighted by atomic mass is 9.86. The van der Waals surface area contributed by atoms with Crippen LogP contribution in [0.5, 0.6) is 0 Å². The van der Waals surface area contributed by atoms with Crippen LogP contribution in [0.1, 0.15) is 43.0 Å². The summed E-state index contributed by atoms with van der Waals surface area (Å²) in [7, 11) is 0. The zero-order valence-electron chi connectivity index (χ0n) is 11.0. The Labute approximate surface area is 125 Å². The fourth-order valence-electron chi connectivity index (χ4n) is 2.49. The molecule has 0 aliphatic heterocycles. The molecule has 1 amide bonds. The van der Waals surface area contributed by atoms with E-state index in [0.29, 0.717) is 22.2 Å². The number of carbonyl (C=O) groups excluding carboxylic acids is 1. The highest BCUT2D eigenvalue weighted by Gasteiger charge is 2.23. The van der Waals surface area contributed by atoms with Gasteiger partial charge in [0.1, 0.15) is 0 Å². The van der Waals surface area contributed by atoms with Gasteiger partial charge in [0.05, 0.1) is 10.6 Å². The molecule has 3 N–H and O–H groups in total. The minimum Gasteiger partial charge on any atom is -0.399 e. The Balaban J connectivity index is 0.00000180. The lowest BCUT2D eigenvalue weighted by Crippen LogP contribution is -2.41. The van der Waals surface area contributed by atoms with Crippen molar-refractivity contribution >= 4 is 35.6 Å². The minimum atomic E-state index is -0.0984. The number of carbonyl (C=O) groups is 1. The molecule has 0 bridgehead atoms. The van der Waals surface area contributed by atoms with Crippen LogP contribution in [0.25, 0.3) is 0 Å². The third kappa shape index (κ3) is 4.02. The number of halogens is 2. The van der Waals surface area contributed by atoms with Crippen LogP contribution in [0.4, 0.5) is 5.69 Å². The average Bonchev–Trinajstić information content (AvgIpc) is 2.32. The van der Waals surface area contributed by atoms with Crippen LogP contribution < -0.4 is 11.1 Å². The molecule has 1 fully saturated rings. The normalized spacial score (nSPS) is 22.4. The van der Waals surface area contributed by atoms with Crippen molar-refractivity contribution in [2.24, 2.45) is 5.92 Å². The summed E-state index contributed by atoms with van der Waals surface area (Å²) >= 11 is 6.04. The van der Waals surface area contributed by atoms with E-state index in [1.165, 1.54) is 19.3 Å². The molecule has 0 radical (unpaired) electrons. The number of nitrogen functional groups attached to an aromatic ring is 1. The first-order chi connectivity index (χ1) is 8.58. The second-order valence-electron chi connectivity index (χ2n) is 5.08. The number of hydrogen-bond acceptors (Lipinski definition) is 2. The summed E-state index contributed by atoms with van der Waals surface area (Å²) in [6, 6.07) is 5.26. The van der Waals surface area contributed by atoms with E-state index in [2.05, 4.69) is 12.2 Å². The number of amides is 1. The van der Waals surface area contributed by atoms with Gasteiger partial charge in [0.2, 0.25) is 0 Å². The summed E-state index contributed by atoms with van der Waals surface area (Å²) < 4.78 is 0. The van der Waals surface area contributed by atoms with Crippen molar-refractivity contribution in [3.05, 3.63) is 28.8 Å². The van der Waals surface area contributed by atoms with Crippen LogP contribution in [0.2, 0.25) is 5.02 Å². The van der Waals surface area contributed by atoms with E-state index in [-0.39, 0.29) is 24.4 Å². The van der Waals surface area contributed by atoms with Crippen molar-refractivity contribution < 1.29 is 4.79 Å². The van der Waals surface area contributed by atoms with Crippen LogP contribution in [-0.4, -0.2) is 11.9 Å². The van der Waals surface area contributed by atoms with Gasteiger partial charge in [-0.25, -0.2) is 0 Å². The Morgan fingerprint density at radius 3 is 2.68 bits per heavy atom. The molecule has 106 valence electrons. The second-order valence-corrected chi connectivity index (χ2v) is 5.49. The Bertz CT molecular complexity index is 451. The molecule has 5 heteroatoms. The maximum absolute atomic E-state index is 12.2. The molecule has 1 saturated carbocycles. The van der Waals surface area contributed by atoms with Crippen LogP contribution in [0.3, 0.4) is 0 Å². The van der Waals surface area contributed by atoms with Crippen molar-refractivity contribution in [3.63, 3.8) is 0 Å². The van der Waals surface area contributed by atoms with Crippen molar-refractivity contribution in [1.29, 1.82) is 0 Å². The van der Waals surface area contributed by atoms with Gasteiger partial charge >= 0.3 is 0 Å². The number of nitrogens with two attached hydrogens (primary N) is 1. The van der Waals surface area contributed by atoms with E-state index in [1.54, 1.807) is 18.2 Å². The first-order valence-corrected chi connectivity index (χ1v) is 6.81. The van der Waals surface area contributed by atoms with Gasteiger partial charge < -0.3 is 11.1 Å². The third-order valence-electron chi connectivity index (χ3n) is 3.67. The molecule has 1 aliphatic rings. The van der Waals surface area contributed by atoms with E-state index in [0.717, 1.165) is 6.42 Å². The number of benzene rings is 1. The van der Waals surface area contributed by atoms with Crippen molar-refractivity contribution in [3.8, 4) is 0 Å². The predicted molar refractivity (Wildman–Crippen MR) is 82.0 cm³/mol. The topological polar surface area (TPSA) is 55.1 Å². The highest BCUT2D eigenvalue weighted by Crippen LogP contribution is 2.25. The molecular formula is C14H20Cl2N2O. The van der Waals surface area contributed by atoms with E-state index >= 15 is 0 Å². The van der Waals surface area contributed by atoms with Crippen LogP contribution in [0.15, 0.2) is 18.2 Å². The van der Waals surface area contributed by atoms with E-state index in [4.69, 9.17) is 17.3 Å². The molecule has 0 spiro atoms. The summed E-state index contributed by atoms with van der Waals surface area (Å²) in [5.41, 5.74) is 6.69. The first-order valence-electron chi connectivity index (χ1n) is 6.44. The van der Waals surface area contributed by atoms with E-state index < -0.39 is 0 Å². The third-order valence-corrected chi connectivity index (χ3v) is 3.98. The van der Waals surface area contributed by atoms with Crippen molar-refractivity contribution in [2.75, 3.05) is 5.73 Å². The molecule has 0 heterocycles. The highest BCUT2D eigenvalue weighted by atomic mass is 35.5. The number of rotatable bonds is 2. The molecule has 2 rings (SSSR count). The van der Waals surface area contributed by atoms with Gasteiger partial charge in [0.15, 0.2) is 0 Å². The molecule has 3 nitrogen and oxygen atoms in total. The van der Waals surface area contributed by atoms with Gasteiger partial charge in [0, 0.05) is 11.7 Å². The smallest absolute Gasteiger partial charge is 0.253 e. The first kappa shape index (κ1) is 16.1. The fourth-order valence-corrected chi connectivity index (χ4v) is 2.77. The summed E-state index contributed by atoms with van der Waals surface area (Å²) in [6.45, 7) is 2.19. The van der Waals surface area contributed by atoms with Gasteiger partial charge in [0.25, 0.3) is 5.91 Å². The number of nitrogens with one attached hydrogen (secondary N) is 1. The largest absolute Gasteiger partial charge is 0.399 e. The van der Waals surface area contributed by atoms with Gasteiger partial charge in [-0.2, -0.15) is 0 Å². The molecule has 0 aromatic heterocycles. The fraction of sp³-hybridized carbons (Fsp3) is 0.500. The molecule has 1 aromatic rings. The Morgan fingerprint density at radius 2 is 2.05 bits per heavy atom. The SMILES string of the molecule is CC1CCCCC1NC(=O)c1ccc(N)cc1Cl.Cl. The van der Waals surface area contributed by atoms with Crippen LogP contribution >= 0.6 is 24.0 Å². The average molecular weight is 303 g/mol. The lowest BCUT2D eigenvalue weighted by Gasteiger charge is -2.29. The van der Waals surface area contributed by atoms with Crippen LogP contribution in [-0.2, 0) is 0 Å². The number of anilines is 1. The summed E-state index contributed by atoms with van der Waals surface area (Å²) in [4.78, 5) is 12.2. The Hall–Kier alpha value is -0.930. The van der Waals surface area contributed by atoms with Crippen molar-refractivity contribution in [1.82, 2.24) is 5.32 Å². The molecule has 0 saturated heterocycles. The number of hydrogen-bond donors (Lipinski definition) is 2. The van der Waals surface area contributed by atoms with E-state index in [9.17, 15) is 4.79 Å². The monoisotopic (exact) mass is 302 g/mol. The van der Waals surface area contributed by atoms with E-state index in [1.807, 2.05) is 0 Å². The molecule has 1 aliphatic carbocycles. The zero-order valence-corrected chi connectivity index (χ0v) is 12.6. The summed E-state index contributed by atoms with van der Waals surface area (Å²) in [5.74, 6) is 0.439. The minimum absolute atomic E-state index is 0. The molecule has 2 atom stereocenters. The molecule has 1 aromatic carbocycles. The van der Waals surface area contributed by atoms with Gasteiger partial charge in [-0.1, -0.05) is 31.4 Å². The standard InChI is InChI=1S/C14H19ClN2O.ClH/c1-9-4-2-3-5-13(9)17-14(18)11-7-6-10(16)8-12(11)15;/h6-9,13H,2-5,16H2,1H3,(H,17,18);1H. The molecular weight excluding hydrogens is 283 g/mol. The maximum Gasteiger partial charge on any atom is 0.253 e. The van der Waals surface area contributed by atoms with Crippen LogP contribution in [0, 0.1) is 5.92 Å². The second kappa shape index (κ2) is 7.01. The maximum atomic E-state index is 12.2. The molecule has 2 unspecified atom stereocenters. The van der Waals surface area contributed by atoms with Crippen molar-refractivity contribution in [2.45, 2.75) is 38.6 Å².